The summed E-state index contributed by atoms with van der Waals surface area (Å²) < 4.78 is 6.62. The summed E-state index contributed by atoms with van der Waals surface area (Å²) in [7, 11) is 0. The molecule has 0 N–H and O–H groups in total. The molecular formula is C28H27N3O4. The maximum Gasteiger partial charge on any atom is 0.359 e. The van der Waals surface area contributed by atoms with Crippen molar-refractivity contribution in [3.05, 3.63) is 112 Å². The van der Waals surface area contributed by atoms with E-state index in [0.717, 1.165) is 11.1 Å². The zero-order valence-corrected chi connectivity index (χ0v) is 19.6. The summed E-state index contributed by atoms with van der Waals surface area (Å²) >= 11 is 0. The second kappa shape index (κ2) is 11.2. The number of benzene rings is 3. The summed E-state index contributed by atoms with van der Waals surface area (Å²) in [6, 6.07) is 26.4. The molecule has 0 unspecified atom stereocenters. The van der Waals surface area contributed by atoms with E-state index in [1.54, 1.807) is 36.1 Å². The molecule has 0 atom stereocenters. The van der Waals surface area contributed by atoms with Gasteiger partial charge in [0.25, 0.3) is 11.5 Å². The average Bonchev–Trinajstić information content (AvgIpc) is 2.91. The summed E-state index contributed by atoms with van der Waals surface area (Å²) in [6.07, 6.45) is 0.682. The molecule has 178 valence electrons. The number of carbonyl (C=O) groups is 2. The van der Waals surface area contributed by atoms with Gasteiger partial charge in [-0.25, -0.2) is 9.48 Å². The Morgan fingerprint density at radius 2 is 1.46 bits per heavy atom. The van der Waals surface area contributed by atoms with Crippen molar-refractivity contribution in [3.8, 4) is 0 Å². The summed E-state index contributed by atoms with van der Waals surface area (Å²) in [6.45, 7) is 2.56. The van der Waals surface area contributed by atoms with Gasteiger partial charge in [-0.15, -0.1) is 0 Å². The van der Waals surface area contributed by atoms with Crippen LogP contribution in [0.2, 0.25) is 0 Å². The van der Waals surface area contributed by atoms with Crippen molar-refractivity contribution in [3.63, 3.8) is 0 Å². The van der Waals surface area contributed by atoms with Crippen LogP contribution in [0.1, 0.15) is 28.5 Å². The van der Waals surface area contributed by atoms with Gasteiger partial charge < -0.3 is 9.64 Å². The number of hydrogen-bond acceptors (Lipinski definition) is 5. The van der Waals surface area contributed by atoms with Crippen LogP contribution >= 0.6 is 0 Å². The summed E-state index contributed by atoms with van der Waals surface area (Å²) in [5.74, 6) is -1.04. The first kappa shape index (κ1) is 23.9. The number of aryl methyl sites for hydroxylation is 1. The van der Waals surface area contributed by atoms with Crippen molar-refractivity contribution < 1.29 is 14.3 Å². The van der Waals surface area contributed by atoms with E-state index < -0.39 is 12.6 Å². The number of aromatic nitrogens is 2. The Balaban J connectivity index is 1.50. The van der Waals surface area contributed by atoms with Gasteiger partial charge in [-0.1, -0.05) is 78.9 Å². The Morgan fingerprint density at radius 1 is 0.857 bits per heavy atom. The number of rotatable bonds is 9. The van der Waals surface area contributed by atoms with E-state index in [0.29, 0.717) is 36.8 Å². The SMILES string of the molecule is CCn1nc(C(=O)OCC(=O)N(CCc2ccccc2)Cc2ccccc2)c2ccccc2c1=O. The Bertz CT molecular complexity index is 1370. The number of amides is 1. The van der Waals surface area contributed by atoms with E-state index in [1.807, 2.05) is 60.7 Å². The normalized spacial score (nSPS) is 10.8. The fourth-order valence-electron chi connectivity index (χ4n) is 3.89. The number of carbonyl (C=O) groups excluding carboxylic acids is 2. The Labute approximate surface area is 203 Å². The Kier molecular flexibility index (Phi) is 7.67. The van der Waals surface area contributed by atoms with Crippen LogP contribution in [0.4, 0.5) is 0 Å². The molecule has 35 heavy (non-hydrogen) atoms. The fourth-order valence-corrected chi connectivity index (χ4v) is 3.89. The van der Waals surface area contributed by atoms with Gasteiger partial charge in [-0.3, -0.25) is 9.59 Å². The van der Waals surface area contributed by atoms with Gasteiger partial charge in [0.2, 0.25) is 0 Å². The lowest BCUT2D eigenvalue weighted by Crippen LogP contribution is -2.36. The molecular weight excluding hydrogens is 442 g/mol. The van der Waals surface area contributed by atoms with Crippen LogP contribution in [-0.2, 0) is 29.0 Å². The van der Waals surface area contributed by atoms with E-state index in [1.165, 1.54) is 4.68 Å². The molecule has 0 saturated heterocycles. The molecule has 4 aromatic rings. The number of hydrogen-bond donors (Lipinski definition) is 0. The molecule has 0 aliphatic carbocycles. The molecule has 1 aromatic heterocycles. The van der Waals surface area contributed by atoms with Gasteiger partial charge in [-0.05, 0) is 30.5 Å². The van der Waals surface area contributed by atoms with Crippen LogP contribution < -0.4 is 5.56 Å². The molecule has 0 fully saturated rings. The molecule has 7 heteroatoms. The van der Waals surface area contributed by atoms with Crippen molar-refractivity contribution in [2.24, 2.45) is 0 Å². The monoisotopic (exact) mass is 469 g/mol. The van der Waals surface area contributed by atoms with Gasteiger partial charge in [-0.2, -0.15) is 5.10 Å². The van der Waals surface area contributed by atoms with Gasteiger partial charge in [0.1, 0.15) is 0 Å². The highest BCUT2D eigenvalue weighted by Gasteiger charge is 2.21. The second-order valence-electron chi connectivity index (χ2n) is 8.13. The lowest BCUT2D eigenvalue weighted by atomic mass is 10.1. The molecule has 0 bridgehead atoms. The first-order valence-corrected chi connectivity index (χ1v) is 11.6. The van der Waals surface area contributed by atoms with Crippen molar-refractivity contribution in [2.75, 3.05) is 13.2 Å². The molecule has 4 rings (SSSR count). The lowest BCUT2D eigenvalue weighted by Gasteiger charge is -2.23. The van der Waals surface area contributed by atoms with Crippen molar-refractivity contribution >= 4 is 22.6 Å². The first-order valence-electron chi connectivity index (χ1n) is 11.6. The highest BCUT2D eigenvalue weighted by molar-refractivity contribution is 6.02. The smallest absolute Gasteiger partial charge is 0.359 e. The third kappa shape index (κ3) is 5.81. The number of fused-ring (bicyclic) bond motifs is 1. The number of esters is 1. The third-order valence-electron chi connectivity index (χ3n) is 5.77. The highest BCUT2D eigenvalue weighted by atomic mass is 16.5. The van der Waals surface area contributed by atoms with Crippen LogP contribution in [0.25, 0.3) is 10.8 Å². The summed E-state index contributed by atoms with van der Waals surface area (Å²) in [4.78, 5) is 40.3. The van der Waals surface area contributed by atoms with Crippen molar-refractivity contribution in [1.29, 1.82) is 0 Å². The molecule has 0 aliphatic rings. The summed E-state index contributed by atoms with van der Waals surface area (Å²) in [5, 5.41) is 4.98. The number of ether oxygens (including phenoxy) is 1. The van der Waals surface area contributed by atoms with Crippen molar-refractivity contribution in [1.82, 2.24) is 14.7 Å². The number of nitrogens with zero attached hydrogens (tertiary/aromatic N) is 3. The van der Waals surface area contributed by atoms with Crippen molar-refractivity contribution in [2.45, 2.75) is 26.4 Å². The molecule has 7 nitrogen and oxygen atoms in total. The van der Waals surface area contributed by atoms with E-state index >= 15 is 0 Å². The third-order valence-corrected chi connectivity index (χ3v) is 5.77. The zero-order chi connectivity index (χ0) is 24.6. The highest BCUT2D eigenvalue weighted by Crippen LogP contribution is 2.15. The molecule has 0 radical (unpaired) electrons. The van der Waals surface area contributed by atoms with E-state index in [9.17, 15) is 14.4 Å². The molecule has 0 saturated carbocycles. The van der Waals surface area contributed by atoms with E-state index in [2.05, 4.69) is 5.10 Å². The fraction of sp³-hybridized carbons (Fsp3) is 0.214. The first-order chi connectivity index (χ1) is 17.1. The molecule has 0 aliphatic heterocycles. The predicted octanol–water partition coefficient (Wildman–Crippen LogP) is 3.84. The minimum atomic E-state index is -0.737. The van der Waals surface area contributed by atoms with Gasteiger partial charge in [0, 0.05) is 25.0 Å². The molecule has 0 spiro atoms. The average molecular weight is 470 g/mol. The van der Waals surface area contributed by atoms with Crippen LogP contribution in [0.3, 0.4) is 0 Å². The minimum Gasteiger partial charge on any atom is -0.451 e. The maximum atomic E-state index is 13.1. The minimum absolute atomic E-state index is 0.0220. The van der Waals surface area contributed by atoms with Gasteiger partial charge in [0.05, 0.1) is 5.39 Å². The Hall–Kier alpha value is -4.26. The molecule has 1 heterocycles. The standard InChI is InChI=1S/C28H27N3O4/c1-2-31-27(33)24-16-10-9-15-23(24)26(29-31)28(34)35-20-25(32)30(19-22-13-7-4-8-14-22)18-17-21-11-5-3-6-12-21/h3-16H,2,17-20H2,1H3. The Morgan fingerprint density at radius 3 is 2.11 bits per heavy atom. The van der Waals surface area contributed by atoms with Crippen LogP contribution in [0, 0.1) is 0 Å². The van der Waals surface area contributed by atoms with E-state index in [4.69, 9.17) is 4.74 Å². The largest absolute Gasteiger partial charge is 0.451 e. The zero-order valence-electron chi connectivity index (χ0n) is 19.6. The summed E-state index contributed by atoms with van der Waals surface area (Å²) in [5.41, 5.74) is 1.86. The van der Waals surface area contributed by atoms with Crippen LogP contribution in [0.15, 0.2) is 89.7 Å². The molecule has 1 amide bonds. The maximum absolute atomic E-state index is 13.1. The second-order valence-corrected chi connectivity index (χ2v) is 8.13. The predicted molar refractivity (Wildman–Crippen MR) is 134 cm³/mol. The van der Waals surface area contributed by atoms with Crippen LogP contribution in [-0.4, -0.2) is 39.7 Å². The van der Waals surface area contributed by atoms with Gasteiger partial charge >= 0.3 is 5.97 Å². The van der Waals surface area contributed by atoms with Crippen LogP contribution in [0.5, 0.6) is 0 Å². The molecule has 3 aromatic carbocycles. The van der Waals surface area contributed by atoms with E-state index in [-0.39, 0.29) is 17.2 Å². The topological polar surface area (TPSA) is 81.5 Å². The quantitative estimate of drug-likeness (QED) is 0.348. The lowest BCUT2D eigenvalue weighted by molar-refractivity contribution is -0.135. The van der Waals surface area contributed by atoms with Gasteiger partial charge in [0.15, 0.2) is 12.3 Å².